The van der Waals surface area contributed by atoms with E-state index in [1.54, 1.807) is 6.07 Å². The van der Waals surface area contributed by atoms with Crippen LogP contribution in [-0.2, 0) is 9.53 Å². The van der Waals surface area contributed by atoms with E-state index in [2.05, 4.69) is 4.90 Å². The molecule has 0 amide bonds. The lowest BCUT2D eigenvalue weighted by atomic mass is 10.0. The van der Waals surface area contributed by atoms with Gasteiger partial charge in [-0.3, -0.25) is 9.59 Å². The van der Waals surface area contributed by atoms with E-state index in [4.69, 9.17) is 9.47 Å². The van der Waals surface area contributed by atoms with Gasteiger partial charge in [0, 0.05) is 18.7 Å². The summed E-state index contributed by atoms with van der Waals surface area (Å²) in [5.74, 6) is 0.778. The van der Waals surface area contributed by atoms with Gasteiger partial charge in [-0.05, 0) is 59.1 Å². The summed E-state index contributed by atoms with van der Waals surface area (Å²) in [7, 11) is 0. The number of anilines is 1. The molecule has 0 N–H and O–H groups in total. The highest BCUT2D eigenvalue weighted by atomic mass is 16.6. The lowest BCUT2D eigenvalue weighted by molar-refractivity contribution is -0.155. The van der Waals surface area contributed by atoms with Crippen molar-refractivity contribution in [2.24, 2.45) is 5.92 Å². The molecule has 5 heteroatoms. The van der Waals surface area contributed by atoms with E-state index < -0.39 is 5.60 Å². The molecule has 1 aliphatic rings. The molecule has 0 spiro atoms. The number of hydrogen-bond donors (Lipinski definition) is 0. The number of esters is 1. The first kappa shape index (κ1) is 19.3. The lowest BCUT2D eigenvalue weighted by Gasteiger charge is -2.25. The molecule has 0 bridgehead atoms. The SMILES string of the molecule is CC(C)Oc1cccc(C=O)c1N1CC[C@H](CC(=O)OC(C)(C)C)C1. The zero-order chi connectivity index (χ0) is 18.6. The van der Waals surface area contributed by atoms with Crippen molar-refractivity contribution >= 4 is 17.9 Å². The molecule has 1 saturated heterocycles. The van der Waals surface area contributed by atoms with E-state index in [0.717, 1.165) is 37.2 Å². The Morgan fingerprint density at radius 1 is 1.36 bits per heavy atom. The maximum Gasteiger partial charge on any atom is 0.306 e. The summed E-state index contributed by atoms with van der Waals surface area (Å²) in [4.78, 5) is 25.7. The van der Waals surface area contributed by atoms with Crippen molar-refractivity contribution in [2.45, 2.75) is 59.2 Å². The van der Waals surface area contributed by atoms with Crippen molar-refractivity contribution in [2.75, 3.05) is 18.0 Å². The second-order valence-electron chi connectivity index (χ2n) is 7.87. The molecule has 2 rings (SSSR count). The van der Waals surface area contributed by atoms with Gasteiger partial charge in [0.05, 0.1) is 18.2 Å². The van der Waals surface area contributed by atoms with Crippen molar-refractivity contribution in [3.8, 4) is 5.75 Å². The molecule has 25 heavy (non-hydrogen) atoms. The van der Waals surface area contributed by atoms with E-state index in [-0.39, 0.29) is 18.0 Å². The van der Waals surface area contributed by atoms with Crippen LogP contribution < -0.4 is 9.64 Å². The second kappa shape index (κ2) is 7.89. The molecule has 0 aliphatic carbocycles. The highest BCUT2D eigenvalue weighted by molar-refractivity contribution is 5.87. The smallest absolute Gasteiger partial charge is 0.306 e. The molecule has 138 valence electrons. The standard InChI is InChI=1S/C20H29NO4/c1-14(2)24-17-8-6-7-16(13-22)19(17)21-10-9-15(12-21)11-18(23)25-20(3,4)5/h6-8,13-15H,9-12H2,1-5H3/t15-/m1/s1. The Morgan fingerprint density at radius 3 is 2.68 bits per heavy atom. The third kappa shape index (κ3) is 5.48. The number of ether oxygens (including phenoxy) is 2. The quantitative estimate of drug-likeness (QED) is 0.578. The highest BCUT2D eigenvalue weighted by Gasteiger charge is 2.29. The van der Waals surface area contributed by atoms with Gasteiger partial charge < -0.3 is 14.4 Å². The maximum atomic E-state index is 12.1. The average molecular weight is 347 g/mol. The number of nitrogens with zero attached hydrogens (tertiary/aromatic N) is 1. The highest BCUT2D eigenvalue weighted by Crippen LogP contribution is 2.36. The Kier molecular flexibility index (Phi) is 6.09. The Bertz CT molecular complexity index is 619. The topological polar surface area (TPSA) is 55.8 Å². The Labute approximate surface area is 150 Å². The summed E-state index contributed by atoms with van der Waals surface area (Å²) >= 11 is 0. The predicted octanol–water partition coefficient (Wildman–Crippen LogP) is 3.84. The molecular formula is C20H29NO4. The fraction of sp³-hybridized carbons (Fsp3) is 0.600. The van der Waals surface area contributed by atoms with Crippen LogP contribution in [0.4, 0.5) is 5.69 Å². The fourth-order valence-corrected chi connectivity index (χ4v) is 3.14. The monoisotopic (exact) mass is 347 g/mol. The molecule has 1 fully saturated rings. The van der Waals surface area contributed by atoms with Gasteiger partial charge >= 0.3 is 5.97 Å². The van der Waals surface area contributed by atoms with Crippen LogP contribution in [-0.4, -0.2) is 37.0 Å². The maximum absolute atomic E-state index is 12.1. The molecule has 0 aromatic heterocycles. The first-order valence-electron chi connectivity index (χ1n) is 8.91. The van der Waals surface area contributed by atoms with Crippen LogP contribution in [0.1, 0.15) is 57.8 Å². The van der Waals surface area contributed by atoms with Crippen LogP contribution in [0.25, 0.3) is 0 Å². The molecule has 1 aromatic rings. The van der Waals surface area contributed by atoms with Crippen LogP contribution in [0.5, 0.6) is 5.75 Å². The number of carbonyl (C=O) groups is 2. The minimum atomic E-state index is -0.461. The number of hydrogen-bond acceptors (Lipinski definition) is 5. The third-order valence-electron chi connectivity index (χ3n) is 4.00. The molecule has 5 nitrogen and oxygen atoms in total. The lowest BCUT2D eigenvalue weighted by Crippen LogP contribution is -2.27. The molecular weight excluding hydrogens is 318 g/mol. The number of aldehydes is 1. The van der Waals surface area contributed by atoms with Gasteiger partial charge in [-0.25, -0.2) is 0 Å². The summed E-state index contributed by atoms with van der Waals surface area (Å²) in [6.07, 6.45) is 2.19. The van der Waals surface area contributed by atoms with Crippen molar-refractivity contribution < 1.29 is 19.1 Å². The van der Waals surface area contributed by atoms with Crippen LogP contribution in [0.15, 0.2) is 18.2 Å². The van der Waals surface area contributed by atoms with Crippen molar-refractivity contribution in [3.63, 3.8) is 0 Å². The van der Waals surface area contributed by atoms with Crippen molar-refractivity contribution in [3.05, 3.63) is 23.8 Å². The number of rotatable bonds is 6. The second-order valence-corrected chi connectivity index (χ2v) is 7.87. The minimum absolute atomic E-state index is 0.0285. The Hall–Kier alpha value is -2.04. The summed E-state index contributed by atoms with van der Waals surface area (Å²) in [5, 5.41) is 0. The molecule has 1 heterocycles. The Balaban J connectivity index is 2.11. The van der Waals surface area contributed by atoms with Gasteiger partial charge in [-0.15, -0.1) is 0 Å². The summed E-state index contributed by atoms with van der Waals surface area (Å²) in [6, 6.07) is 5.53. The molecule has 0 saturated carbocycles. The summed E-state index contributed by atoms with van der Waals surface area (Å²) < 4.78 is 11.3. The van der Waals surface area contributed by atoms with E-state index in [0.29, 0.717) is 12.0 Å². The van der Waals surface area contributed by atoms with Gasteiger partial charge in [0.15, 0.2) is 6.29 Å². The van der Waals surface area contributed by atoms with E-state index in [9.17, 15) is 9.59 Å². The first-order valence-corrected chi connectivity index (χ1v) is 8.91. The van der Waals surface area contributed by atoms with Gasteiger partial charge in [0.2, 0.25) is 0 Å². The molecule has 0 radical (unpaired) electrons. The summed E-state index contributed by atoms with van der Waals surface area (Å²) in [5.41, 5.74) is 0.992. The molecule has 0 unspecified atom stereocenters. The van der Waals surface area contributed by atoms with E-state index in [1.165, 1.54) is 0 Å². The first-order chi connectivity index (χ1) is 11.7. The Morgan fingerprint density at radius 2 is 2.08 bits per heavy atom. The van der Waals surface area contributed by atoms with Crippen LogP contribution >= 0.6 is 0 Å². The van der Waals surface area contributed by atoms with E-state index in [1.807, 2.05) is 46.8 Å². The molecule has 1 atom stereocenters. The molecule has 1 aliphatic heterocycles. The fourth-order valence-electron chi connectivity index (χ4n) is 3.14. The predicted molar refractivity (Wildman–Crippen MR) is 98.4 cm³/mol. The zero-order valence-corrected chi connectivity index (χ0v) is 15.9. The normalized spacial score (nSPS) is 17.7. The van der Waals surface area contributed by atoms with Crippen molar-refractivity contribution in [1.82, 2.24) is 0 Å². The largest absolute Gasteiger partial charge is 0.489 e. The average Bonchev–Trinajstić information content (AvgIpc) is 2.92. The van der Waals surface area contributed by atoms with Crippen LogP contribution in [0.3, 0.4) is 0 Å². The van der Waals surface area contributed by atoms with Gasteiger partial charge in [0.1, 0.15) is 11.4 Å². The number of benzene rings is 1. The van der Waals surface area contributed by atoms with Crippen molar-refractivity contribution in [1.29, 1.82) is 0 Å². The number of carbonyl (C=O) groups excluding carboxylic acids is 2. The summed E-state index contributed by atoms with van der Waals surface area (Å²) in [6.45, 7) is 11.1. The van der Waals surface area contributed by atoms with Gasteiger partial charge in [-0.1, -0.05) is 6.07 Å². The number of para-hydroxylation sites is 1. The molecule has 1 aromatic carbocycles. The third-order valence-corrected chi connectivity index (χ3v) is 4.00. The van der Waals surface area contributed by atoms with Crippen LogP contribution in [0, 0.1) is 5.92 Å². The van der Waals surface area contributed by atoms with Gasteiger partial charge in [-0.2, -0.15) is 0 Å². The zero-order valence-electron chi connectivity index (χ0n) is 15.9. The van der Waals surface area contributed by atoms with Crippen LogP contribution in [0.2, 0.25) is 0 Å². The minimum Gasteiger partial charge on any atom is -0.489 e. The van der Waals surface area contributed by atoms with Gasteiger partial charge in [0.25, 0.3) is 0 Å². The van der Waals surface area contributed by atoms with E-state index >= 15 is 0 Å².